The molecule has 2 saturated carbocycles. The van der Waals surface area contributed by atoms with E-state index in [4.69, 9.17) is 14.5 Å². The Labute approximate surface area is 254 Å². The van der Waals surface area contributed by atoms with Crippen molar-refractivity contribution in [2.75, 3.05) is 6.61 Å². The van der Waals surface area contributed by atoms with Crippen LogP contribution in [0, 0.1) is 0 Å². The smallest absolute Gasteiger partial charge is 0.335 e. The number of carbonyl (C=O) groups excluding carboxylic acids is 1. The van der Waals surface area contributed by atoms with Crippen LogP contribution in [0.3, 0.4) is 0 Å². The van der Waals surface area contributed by atoms with Crippen LogP contribution in [-0.4, -0.2) is 45.7 Å². The Bertz CT molecular complexity index is 1330. The van der Waals surface area contributed by atoms with E-state index in [1.54, 1.807) is 18.2 Å². The molecule has 218 valence electrons. The molecule has 1 saturated heterocycles. The molecule has 0 unspecified atom stereocenters. The molecule has 0 aromatic heterocycles. The fourth-order valence-corrected chi connectivity index (χ4v) is 7.46. The van der Waals surface area contributed by atoms with Crippen LogP contribution >= 0.6 is 27.7 Å². The molecule has 5 rings (SSSR count). The minimum Gasteiger partial charge on any atom is -0.490 e. The normalized spacial score (nSPS) is 20.6. The predicted octanol–water partition coefficient (Wildman–Crippen LogP) is 8.06. The van der Waals surface area contributed by atoms with Gasteiger partial charge in [-0.05, 0) is 102 Å². The zero-order chi connectivity index (χ0) is 28.8. The van der Waals surface area contributed by atoms with Crippen molar-refractivity contribution in [1.29, 1.82) is 0 Å². The first-order chi connectivity index (χ1) is 19.9. The third-order valence-electron chi connectivity index (χ3n) is 7.83. The minimum atomic E-state index is -0.978. The molecular weight excluding hydrogens is 604 g/mol. The fourth-order valence-electron chi connectivity index (χ4n) is 5.78. The molecule has 7 nitrogen and oxygen atoms in total. The summed E-state index contributed by atoms with van der Waals surface area (Å²) in [5, 5.41) is 10.2. The van der Waals surface area contributed by atoms with E-state index in [2.05, 4.69) is 15.9 Å². The second-order valence-electron chi connectivity index (χ2n) is 10.8. The highest BCUT2D eigenvalue weighted by molar-refractivity contribution is 9.10. The van der Waals surface area contributed by atoms with Crippen LogP contribution in [0.5, 0.6) is 11.5 Å². The number of thioether (sulfide) groups is 1. The van der Waals surface area contributed by atoms with Crippen molar-refractivity contribution in [2.24, 2.45) is 4.99 Å². The first kappa shape index (κ1) is 29.7. The molecule has 0 atom stereocenters. The van der Waals surface area contributed by atoms with Crippen molar-refractivity contribution < 1.29 is 24.2 Å². The maximum absolute atomic E-state index is 13.8. The van der Waals surface area contributed by atoms with Crippen LogP contribution in [0.25, 0.3) is 6.08 Å². The maximum atomic E-state index is 13.8. The van der Waals surface area contributed by atoms with Gasteiger partial charge in [0.05, 0.1) is 27.6 Å². The van der Waals surface area contributed by atoms with Gasteiger partial charge in [0.1, 0.15) is 6.61 Å². The summed E-state index contributed by atoms with van der Waals surface area (Å²) in [5.41, 5.74) is 1.79. The summed E-state index contributed by atoms with van der Waals surface area (Å²) in [6.07, 6.45) is 13.4. The summed E-state index contributed by atoms with van der Waals surface area (Å²) >= 11 is 5.14. The van der Waals surface area contributed by atoms with Gasteiger partial charge in [0, 0.05) is 6.04 Å². The number of aromatic carboxylic acids is 1. The molecule has 0 spiro atoms. The summed E-state index contributed by atoms with van der Waals surface area (Å²) in [4.78, 5) is 33.0. The number of aliphatic imine (C=N–C) groups is 1. The van der Waals surface area contributed by atoms with Crippen molar-refractivity contribution in [1.82, 2.24) is 4.90 Å². The monoisotopic (exact) mass is 640 g/mol. The number of hydrogen-bond donors (Lipinski definition) is 1. The number of benzene rings is 2. The first-order valence-electron chi connectivity index (χ1n) is 14.6. The van der Waals surface area contributed by atoms with Gasteiger partial charge in [-0.2, -0.15) is 0 Å². The number of carboxylic acid groups (broad SMARTS) is 1. The minimum absolute atomic E-state index is 0.0455. The van der Waals surface area contributed by atoms with E-state index < -0.39 is 5.97 Å². The molecule has 3 aliphatic rings. The van der Waals surface area contributed by atoms with Crippen molar-refractivity contribution in [3.05, 3.63) is 62.5 Å². The molecule has 2 aliphatic carbocycles. The molecule has 3 fully saturated rings. The first-order valence-corrected chi connectivity index (χ1v) is 16.3. The summed E-state index contributed by atoms with van der Waals surface area (Å²) in [7, 11) is 0. The molecule has 0 radical (unpaired) electrons. The lowest BCUT2D eigenvalue weighted by molar-refractivity contribution is -0.124. The van der Waals surface area contributed by atoms with Crippen LogP contribution in [0.2, 0.25) is 0 Å². The Balaban J connectivity index is 1.40. The van der Waals surface area contributed by atoms with E-state index in [1.165, 1.54) is 37.4 Å². The summed E-state index contributed by atoms with van der Waals surface area (Å²) in [5.74, 6) is 0.153. The lowest BCUT2D eigenvalue weighted by Crippen LogP contribution is -2.41. The van der Waals surface area contributed by atoms with Gasteiger partial charge in [-0.3, -0.25) is 14.7 Å². The van der Waals surface area contributed by atoms with Crippen LogP contribution in [0.1, 0.15) is 92.6 Å². The third kappa shape index (κ3) is 7.36. The van der Waals surface area contributed by atoms with Crippen molar-refractivity contribution in [3.63, 3.8) is 0 Å². The number of amides is 1. The number of ether oxygens (including phenoxy) is 2. The van der Waals surface area contributed by atoms with Crippen LogP contribution in [0.4, 0.5) is 0 Å². The van der Waals surface area contributed by atoms with E-state index in [9.17, 15) is 14.7 Å². The molecule has 1 aliphatic heterocycles. The van der Waals surface area contributed by atoms with Gasteiger partial charge in [0.2, 0.25) is 0 Å². The molecule has 2 aromatic rings. The van der Waals surface area contributed by atoms with Crippen molar-refractivity contribution >= 4 is 50.8 Å². The van der Waals surface area contributed by atoms with Gasteiger partial charge in [-0.15, -0.1) is 0 Å². The van der Waals surface area contributed by atoms with Gasteiger partial charge >= 0.3 is 5.97 Å². The average molecular weight is 642 g/mol. The van der Waals surface area contributed by atoms with E-state index in [-0.39, 0.29) is 24.1 Å². The molecule has 1 amide bonds. The largest absolute Gasteiger partial charge is 0.490 e. The summed E-state index contributed by atoms with van der Waals surface area (Å²) in [6.45, 7) is 2.54. The molecule has 0 bridgehead atoms. The fraction of sp³-hybridized carbons (Fsp3) is 0.469. The van der Waals surface area contributed by atoms with E-state index in [0.29, 0.717) is 33.5 Å². The summed E-state index contributed by atoms with van der Waals surface area (Å²) < 4.78 is 12.7. The maximum Gasteiger partial charge on any atom is 0.335 e. The van der Waals surface area contributed by atoms with E-state index in [0.717, 1.165) is 54.8 Å². The second kappa shape index (κ2) is 13.9. The van der Waals surface area contributed by atoms with Gasteiger partial charge in [-0.1, -0.05) is 50.7 Å². The standard InChI is InChI=1S/C32H37BrN2O5S/c1-2-39-27-18-22(17-26(33)29(27)40-20-21-10-9-11-23(16-21)31(37)38)19-28-30(36)35(25-14-7-4-8-15-25)32(41-28)34-24-12-5-3-6-13-24/h9-11,16-19,24-25H,2-8,12-15,20H2,1H3,(H,37,38). The SMILES string of the molecule is CCOc1cc(C=C2SC(=NC3CCCCC3)N(C3CCCCC3)C2=O)cc(Br)c1OCc1cccc(C(=O)O)c1. The number of carbonyl (C=O) groups is 2. The second-order valence-corrected chi connectivity index (χ2v) is 12.7. The van der Waals surface area contributed by atoms with Crippen molar-refractivity contribution in [3.8, 4) is 11.5 Å². The molecule has 41 heavy (non-hydrogen) atoms. The number of halogens is 1. The average Bonchev–Trinajstić information content (AvgIpc) is 3.27. The lowest BCUT2D eigenvalue weighted by Gasteiger charge is -2.31. The molecule has 9 heteroatoms. The van der Waals surface area contributed by atoms with Crippen LogP contribution in [-0.2, 0) is 11.4 Å². The van der Waals surface area contributed by atoms with Gasteiger partial charge in [0.15, 0.2) is 16.7 Å². The number of carboxylic acids is 1. The third-order valence-corrected chi connectivity index (χ3v) is 9.42. The highest BCUT2D eigenvalue weighted by Crippen LogP contribution is 2.41. The van der Waals surface area contributed by atoms with Gasteiger partial charge < -0.3 is 14.6 Å². The molecule has 2 aromatic carbocycles. The number of amidine groups is 1. The molecule has 1 N–H and O–H groups in total. The zero-order valence-corrected chi connectivity index (χ0v) is 25.8. The molecular formula is C32H37BrN2O5S. The quantitative estimate of drug-likeness (QED) is 0.279. The Kier molecular flexibility index (Phi) is 10.1. The Hall–Kier alpha value is -2.78. The lowest BCUT2D eigenvalue weighted by atomic mass is 9.94. The highest BCUT2D eigenvalue weighted by atomic mass is 79.9. The Morgan fingerprint density at radius 2 is 1.80 bits per heavy atom. The van der Waals surface area contributed by atoms with Crippen LogP contribution < -0.4 is 9.47 Å². The predicted molar refractivity (Wildman–Crippen MR) is 167 cm³/mol. The topological polar surface area (TPSA) is 88.4 Å². The summed E-state index contributed by atoms with van der Waals surface area (Å²) in [6, 6.07) is 11.0. The van der Waals surface area contributed by atoms with Crippen molar-refractivity contribution in [2.45, 2.75) is 89.8 Å². The number of nitrogens with zero attached hydrogens (tertiary/aromatic N) is 2. The van der Waals surface area contributed by atoms with Crippen LogP contribution in [0.15, 0.2) is 50.8 Å². The van der Waals surface area contributed by atoms with Gasteiger partial charge in [-0.25, -0.2) is 4.79 Å². The number of rotatable bonds is 9. The zero-order valence-electron chi connectivity index (χ0n) is 23.4. The Morgan fingerprint density at radius 1 is 1.07 bits per heavy atom. The Morgan fingerprint density at radius 3 is 2.51 bits per heavy atom. The van der Waals surface area contributed by atoms with Gasteiger partial charge in [0.25, 0.3) is 5.91 Å². The molecule has 1 heterocycles. The van der Waals surface area contributed by atoms with E-state index in [1.807, 2.05) is 36.1 Å². The number of hydrogen-bond acceptors (Lipinski definition) is 6. The van der Waals surface area contributed by atoms with E-state index >= 15 is 0 Å². The highest BCUT2D eigenvalue weighted by Gasteiger charge is 2.39.